The SMILES string of the molecule is Cc1ccnc(OC[C@H](N)COc2cncc(C(C)(C)C)c2)c1. The topological polar surface area (TPSA) is 70.3 Å². The molecule has 0 bridgehead atoms. The largest absolute Gasteiger partial charge is 0.490 e. The smallest absolute Gasteiger partial charge is 0.213 e. The molecule has 2 heterocycles. The average molecular weight is 315 g/mol. The highest BCUT2D eigenvalue weighted by atomic mass is 16.5. The van der Waals surface area contributed by atoms with E-state index in [1.165, 1.54) is 0 Å². The number of aryl methyl sites for hydroxylation is 1. The lowest BCUT2D eigenvalue weighted by molar-refractivity contribution is 0.215. The first-order chi connectivity index (χ1) is 10.8. The fraction of sp³-hybridized carbons (Fsp3) is 0.444. The van der Waals surface area contributed by atoms with Gasteiger partial charge in [-0.25, -0.2) is 4.98 Å². The second-order valence-electron chi connectivity index (χ2n) is 6.71. The van der Waals surface area contributed by atoms with E-state index in [1.54, 1.807) is 12.4 Å². The van der Waals surface area contributed by atoms with Crippen molar-refractivity contribution in [3.63, 3.8) is 0 Å². The van der Waals surface area contributed by atoms with Gasteiger partial charge < -0.3 is 15.2 Å². The Morgan fingerprint density at radius 1 is 1.13 bits per heavy atom. The van der Waals surface area contributed by atoms with Crippen LogP contribution in [0, 0.1) is 6.92 Å². The van der Waals surface area contributed by atoms with Crippen LogP contribution in [0.1, 0.15) is 31.9 Å². The van der Waals surface area contributed by atoms with Crippen LogP contribution in [0.15, 0.2) is 36.8 Å². The summed E-state index contributed by atoms with van der Waals surface area (Å²) in [4.78, 5) is 8.37. The molecule has 2 aromatic rings. The van der Waals surface area contributed by atoms with E-state index in [0.29, 0.717) is 19.1 Å². The van der Waals surface area contributed by atoms with E-state index < -0.39 is 0 Å². The highest BCUT2D eigenvalue weighted by Gasteiger charge is 2.15. The van der Waals surface area contributed by atoms with Crippen molar-refractivity contribution >= 4 is 0 Å². The Labute approximate surface area is 137 Å². The molecule has 0 fully saturated rings. The quantitative estimate of drug-likeness (QED) is 0.887. The lowest BCUT2D eigenvalue weighted by Crippen LogP contribution is -2.34. The van der Waals surface area contributed by atoms with Crippen LogP contribution in [0.2, 0.25) is 0 Å². The number of nitrogens with zero attached hydrogens (tertiary/aromatic N) is 2. The summed E-state index contributed by atoms with van der Waals surface area (Å²) < 4.78 is 11.3. The standard InChI is InChI=1S/C18H25N3O2/c1-13-5-6-21-17(7-13)23-12-15(19)11-22-16-8-14(9-20-10-16)18(2,3)4/h5-10,15H,11-12,19H2,1-4H3/t15-/m1/s1. The molecule has 0 aliphatic carbocycles. The van der Waals surface area contributed by atoms with Crippen LogP contribution in [0.4, 0.5) is 0 Å². The highest BCUT2D eigenvalue weighted by molar-refractivity contribution is 5.28. The molecule has 0 spiro atoms. The number of nitrogens with two attached hydrogens (primary N) is 1. The molecular formula is C18H25N3O2. The Kier molecular flexibility index (Phi) is 5.55. The Hall–Kier alpha value is -2.14. The Balaban J connectivity index is 1.83. The number of hydrogen-bond acceptors (Lipinski definition) is 5. The van der Waals surface area contributed by atoms with Crippen molar-refractivity contribution < 1.29 is 9.47 Å². The predicted molar refractivity (Wildman–Crippen MR) is 90.9 cm³/mol. The van der Waals surface area contributed by atoms with Crippen molar-refractivity contribution in [1.29, 1.82) is 0 Å². The van der Waals surface area contributed by atoms with Gasteiger partial charge in [0.15, 0.2) is 0 Å². The Bertz CT molecular complexity index is 638. The first kappa shape index (κ1) is 17.2. The average Bonchev–Trinajstić information content (AvgIpc) is 2.50. The summed E-state index contributed by atoms with van der Waals surface area (Å²) in [7, 11) is 0. The number of hydrogen-bond donors (Lipinski definition) is 1. The summed E-state index contributed by atoms with van der Waals surface area (Å²) in [5.41, 5.74) is 8.30. The molecule has 124 valence electrons. The second kappa shape index (κ2) is 7.42. The molecule has 5 heteroatoms. The minimum absolute atomic E-state index is 0.0361. The predicted octanol–water partition coefficient (Wildman–Crippen LogP) is 2.87. The van der Waals surface area contributed by atoms with Crippen molar-refractivity contribution in [2.75, 3.05) is 13.2 Å². The minimum Gasteiger partial charge on any atom is -0.490 e. The van der Waals surface area contributed by atoms with Crippen LogP contribution < -0.4 is 15.2 Å². The first-order valence-electron chi connectivity index (χ1n) is 7.74. The van der Waals surface area contributed by atoms with Gasteiger partial charge in [0, 0.05) is 18.5 Å². The molecule has 0 saturated carbocycles. The zero-order valence-corrected chi connectivity index (χ0v) is 14.2. The van der Waals surface area contributed by atoms with E-state index in [9.17, 15) is 0 Å². The van der Waals surface area contributed by atoms with Gasteiger partial charge in [0.05, 0.1) is 12.2 Å². The van der Waals surface area contributed by atoms with Gasteiger partial charge in [-0.05, 0) is 35.6 Å². The third-order valence-electron chi connectivity index (χ3n) is 3.38. The van der Waals surface area contributed by atoms with E-state index in [2.05, 4.69) is 30.7 Å². The Morgan fingerprint density at radius 3 is 2.57 bits per heavy atom. The van der Waals surface area contributed by atoms with Gasteiger partial charge >= 0.3 is 0 Å². The number of pyridine rings is 2. The molecular weight excluding hydrogens is 290 g/mol. The zero-order chi connectivity index (χ0) is 16.9. The van der Waals surface area contributed by atoms with E-state index in [-0.39, 0.29) is 11.5 Å². The van der Waals surface area contributed by atoms with Gasteiger partial charge in [-0.2, -0.15) is 0 Å². The van der Waals surface area contributed by atoms with Crippen LogP contribution in [-0.4, -0.2) is 29.2 Å². The van der Waals surface area contributed by atoms with E-state index in [4.69, 9.17) is 15.2 Å². The van der Waals surface area contributed by atoms with Gasteiger partial charge in [0.1, 0.15) is 19.0 Å². The third-order valence-corrected chi connectivity index (χ3v) is 3.38. The lowest BCUT2D eigenvalue weighted by atomic mass is 9.88. The van der Waals surface area contributed by atoms with Gasteiger partial charge in [0.25, 0.3) is 0 Å². The van der Waals surface area contributed by atoms with Crippen LogP contribution >= 0.6 is 0 Å². The molecule has 23 heavy (non-hydrogen) atoms. The summed E-state index contributed by atoms with van der Waals surface area (Å²) in [6, 6.07) is 5.56. The van der Waals surface area contributed by atoms with E-state index >= 15 is 0 Å². The fourth-order valence-electron chi connectivity index (χ4n) is 1.94. The molecule has 0 unspecified atom stereocenters. The number of aromatic nitrogens is 2. The minimum atomic E-state index is -0.240. The monoisotopic (exact) mass is 315 g/mol. The lowest BCUT2D eigenvalue weighted by Gasteiger charge is -2.19. The van der Waals surface area contributed by atoms with Gasteiger partial charge in [-0.15, -0.1) is 0 Å². The Morgan fingerprint density at radius 2 is 1.87 bits per heavy atom. The third kappa shape index (κ3) is 5.53. The summed E-state index contributed by atoms with van der Waals surface area (Å²) in [5.74, 6) is 1.30. The molecule has 5 nitrogen and oxygen atoms in total. The molecule has 0 saturated heterocycles. The first-order valence-corrected chi connectivity index (χ1v) is 7.74. The van der Waals surface area contributed by atoms with Crippen LogP contribution in [0.25, 0.3) is 0 Å². The molecule has 0 aliphatic rings. The molecule has 2 aromatic heterocycles. The van der Waals surface area contributed by atoms with E-state index in [1.807, 2.05) is 31.3 Å². The summed E-state index contributed by atoms with van der Waals surface area (Å²) >= 11 is 0. The number of rotatable bonds is 6. The maximum Gasteiger partial charge on any atom is 0.213 e. The summed E-state index contributed by atoms with van der Waals surface area (Å²) in [6.45, 7) is 9.13. The van der Waals surface area contributed by atoms with Crippen LogP contribution in [0.5, 0.6) is 11.6 Å². The van der Waals surface area contributed by atoms with Gasteiger partial charge in [-0.3, -0.25) is 4.98 Å². The second-order valence-corrected chi connectivity index (χ2v) is 6.71. The van der Waals surface area contributed by atoms with Gasteiger partial charge in [-0.1, -0.05) is 20.8 Å². The molecule has 0 radical (unpaired) electrons. The zero-order valence-electron chi connectivity index (χ0n) is 14.2. The fourth-order valence-corrected chi connectivity index (χ4v) is 1.94. The van der Waals surface area contributed by atoms with Crippen molar-refractivity contribution in [3.05, 3.63) is 47.9 Å². The molecule has 0 aromatic carbocycles. The van der Waals surface area contributed by atoms with Crippen molar-refractivity contribution in [3.8, 4) is 11.6 Å². The summed E-state index contributed by atoms with van der Waals surface area (Å²) in [5, 5.41) is 0. The highest BCUT2D eigenvalue weighted by Crippen LogP contribution is 2.24. The normalized spacial score (nSPS) is 12.7. The molecule has 2 rings (SSSR count). The molecule has 1 atom stereocenters. The van der Waals surface area contributed by atoms with Crippen molar-refractivity contribution in [2.45, 2.75) is 39.2 Å². The van der Waals surface area contributed by atoms with Crippen molar-refractivity contribution in [1.82, 2.24) is 9.97 Å². The van der Waals surface area contributed by atoms with Gasteiger partial charge in [0.2, 0.25) is 5.88 Å². The van der Waals surface area contributed by atoms with Crippen LogP contribution in [-0.2, 0) is 5.41 Å². The molecule has 2 N–H and O–H groups in total. The van der Waals surface area contributed by atoms with Crippen LogP contribution in [0.3, 0.4) is 0 Å². The van der Waals surface area contributed by atoms with Crippen molar-refractivity contribution in [2.24, 2.45) is 5.73 Å². The molecule has 0 amide bonds. The number of ether oxygens (including phenoxy) is 2. The summed E-state index contributed by atoms with van der Waals surface area (Å²) in [6.07, 6.45) is 5.28. The molecule has 0 aliphatic heterocycles. The maximum absolute atomic E-state index is 6.03. The maximum atomic E-state index is 6.03. The van der Waals surface area contributed by atoms with E-state index in [0.717, 1.165) is 16.9 Å².